The molecule has 0 N–H and O–H groups in total. The van der Waals surface area contributed by atoms with Crippen molar-refractivity contribution in [2.75, 3.05) is 7.11 Å². The van der Waals surface area contributed by atoms with Crippen molar-refractivity contribution in [2.24, 2.45) is 0 Å². The van der Waals surface area contributed by atoms with Gasteiger partial charge in [-0.15, -0.1) is 0 Å². The number of hydrogen-bond acceptors (Lipinski definition) is 2. The highest BCUT2D eigenvalue weighted by Gasteiger charge is 2.10. The van der Waals surface area contributed by atoms with E-state index < -0.39 is 0 Å². The molecule has 1 unspecified atom stereocenters. The number of hydrogen-bond donors (Lipinski definition) is 0. The minimum atomic E-state index is 0.0589. The highest BCUT2D eigenvalue weighted by atomic mass is 32.2. The van der Waals surface area contributed by atoms with Crippen LogP contribution < -0.4 is 0 Å². The van der Waals surface area contributed by atoms with Crippen LogP contribution in [0.4, 0.5) is 0 Å². The molecule has 0 bridgehead atoms. The van der Waals surface area contributed by atoms with Crippen LogP contribution in [0.2, 0.25) is 0 Å². The summed E-state index contributed by atoms with van der Waals surface area (Å²) in [6.07, 6.45) is 0. The molecule has 2 aromatic carbocycles. The minimum Gasteiger partial charge on any atom is -0.366 e. The van der Waals surface area contributed by atoms with Crippen molar-refractivity contribution in [2.45, 2.75) is 10.3 Å². The summed E-state index contributed by atoms with van der Waals surface area (Å²) in [5.41, 5.74) is 1.25. The average molecular weight is 230 g/mol. The topological polar surface area (TPSA) is 9.23 Å². The van der Waals surface area contributed by atoms with Crippen molar-refractivity contribution >= 4 is 11.8 Å². The Hall–Kier alpha value is -1.25. The fourth-order valence-electron chi connectivity index (χ4n) is 1.49. The van der Waals surface area contributed by atoms with Gasteiger partial charge in [-0.2, -0.15) is 0 Å². The number of rotatable bonds is 4. The van der Waals surface area contributed by atoms with E-state index in [0.717, 1.165) is 0 Å². The third-order valence-corrected chi connectivity index (χ3v) is 3.50. The van der Waals surface area contributed by atoms with Crippen LogP contribution in [0.1, 0.15) is 11.0 Å². The molecule has 0 saturated carbocycles. The van der Waals surface area contributed by atoms with Gasteiger partial charge in [-0.25, -0.2) is 0 Å². The number of benzene rings is 2. The Morgan fingerprint density at radius 1 is 0.875 bits per heavy atom. The van der Waals surface area contributed by atoms with E-state index in [1.165, 1.54) is 10.5 Å². The van der Waals surface area contributed by atoms with Crippen molar-refractivity contribution in [1.29, 1.82) is 0 Å². The monoisotopic (exact) mass is 230 g/mol. The first-order valence-corrected chi connectivity index (χ1v) is 6.07. The van der Waals surface area contributed by atoms with Gasteiger partial charge < -0.3 is 4.74 Å². The molecule has 0 saturated heterocycles. The second-order valence-corrected chi connectivity index (χ2v) is 4.54. The number of thioether (sulfide) groups is 1. The highest BCUT2D eigenvalue weighted by Crippen LogP contribution is 2.35. The van der Waals surface area contributed by atoms with Gasteiger partial charge in [0.15, 0.2) is 0 Å². The van der Waals surface area contributed by atoms with E-state index in [-0.39, 0.29) is 5.44 Å². The van der Waals surface area contributed by atoms with Crippen LogP contribution >= 0.6 is 11.8 Å². The van der Waals surface area contributed by atoms with Crippen LogP contribution in [0.25, 0.3) is 0 Å². The Balaban J connectivity index is 2.13. The molecule has 0 aromatic heterocycles. The lowest BCUT2D eigenvalue weighted by Gasteiger charge is -2.14. The Morgan fingerprint density at radius 3 is 2.00 bits per heavy atom. The zero-order valence-electron chi connectivity index (χ0n) is 9.17. The van der Waals surface area contributed by atoms with Gasteiger partial charge >= 0.3 is 0 Å². The van der Waals surface area contributed by atoms with E-state index in [0.29, 0.717) is 0 Å². The van der Waals surface area contributed by atoms with E-state index in [1.54, 1.807) is 18.9 Å². The maximum absolute atomic E-state index is 5.50. The van der Waals surface area contributed by atoms with Crippen molar-refractivity contribution in [3.63, 3.8) is 0 Å². The molecule has 0 aliphatic carbocycles. The molecular formula is C14H14OS. The van der Waals surface area contributed by atoms with Crippen molar-refractivity contribution < 1.29 is 4.74 Å². The normalized spacial score (nSPS) is 12.3. The quantitative estimate of drug-likeness (QED) is 0.577. The van der Waals surface area contributed by atoms with E-state index in [2.05, 4.69) is 24.3 Å². The third-order valence-electron chi connectivity index (χ3n) is 2.27. The highest BCUT2D eigenvalue weighted by molar-refractivity contribution is 7.99. The molecule has 2 aromatic rings. The van der Waals surface area contributed by atoms with Crippen LogP contribution in [-0.2, 0) is 4.74 Å². The SMILES string of the molecule is COC(Sc1ccccc1)c1ccccc1. The lowest BCUT2D eigenvalue weighted by atomic mass is 10.2. The minimum absolute atomic E-state index is 0.0589. The summed E-state index contributed by atoms with van der Waals surface area (Å²) in [5, 5.41) is 0. The van der Waals surface area contributed by atoms with E-state index in [4.69, 9.17) is 4.74 Å². The zero-order chi connectivity index (χ0) is 11.2. The summed E-state index contributed by atoms with van der Waals surface area (Å²) >= 11 is 1.72. The molecule has 82 valence electrons. The van der Waals surface area contributed by atoms with Gasteiger partial charge in [0.25, 0.3) is 0 Å². The van der Waals surface area contributed by atoms with Crippen LogP contribution in [0, 0.1) is 0 Å². The lowest BCUT2D eigenvalue weighted by Crippen LogP contribution is -1.95. The Labute approximate surface area is 100 Å². The summed E-state index contributed by atoms with van der Waals surface area (Å²) < 4.78 is 5.50. The molecule has 1 atom stereocenters. The van der Waals surface area contributed by atoms with E-state index in [9.17, 15) is 0 Å². The number of methoxy groups -OCH3 is 1. The molecule has 0 aliphatic heterocycles. The first-order chi connectivity index (χ1) is 7.90. The molecule has 0 radical (unpaired) electrons. The van der Waals surface area contributed by atoms with E-state index >= 15 is 0 Å². The van der Waals surface area contributed by atoms with Crippen molar-refractivity contribution in [3.8, 4) is 0 Å². The first-order valence-electron chi connectivity index (χ1n) is 5.19. The summed E-state index contributed by atoms with van der Waals surface area (Å²) in [6, 6.07) is 20.6. The Morgan fingerprint density at radius 2 is 1.44 bits per heavy atom. The number of ether oxygens (including phenoxy) is 1. The van der Waals surface area contributed by atoms with Gasteiger partial charge in [0, 0.05) is 12.0 Å². The lowest BCUT2D eigenvalue weighted by molar-refractivity contribution is 0.175. The van der Waals surface area contributed by atoms with Gasteiger partial charge in [0.05, 0.1) is 0 Å². The van der Waals surface area contributed by atoms with Crippen molar-refractivity contribution in [1.82, 2.24) is 0 Å². The molecule has 0 heterocycles. The molecule has 1 nitrogen and oxygen atoms in total. The average Bonchev–Trinajstić information content (AvgIpc) is 2.38. The fourth-order valence-corrected chi connectivity index (χ4v) is 2.44. The van der Waals surface area contributed by atoms with Gasteiger partial charge in [0.1, 0.15) is 5.44 Å². The maximum atomic E-state index is 5.50. The largest absolute Gasteiger partial charge is 0.366 e. The predicted octanol–water partition coefficient (Wildman–Crippen LogP) is 4.12. The fraction of sp³-hybridized carbons (Fsp3) is 0.143. The molecule has 2 heteroatoms. The molecule has 0 spiro atoms. The summed E-state index contributed by atoms with van der Waals surface area (Å²) in [5.74, 6) is 0. The summed E-state index contributed by atoms with van der Waals surface area (Å²) in [4.78, 5) is 1.22. The van der Waals surface area contributed by atoms with Crippen LogP contribution in [-0.4, -0.2) is 7.11 Å². The molecule has 0 aliphatic rings. The predicted molar refractivity (Wildman–Crippen MR) is 68.5 cm³/mol. The Kier molecular flexibility index (Phi) is 4.03. The van der Waals surface area contributed by atoms with E-state index in [1.807, 2.05) is 36.4 Å². The summed E-state index contributed by atoms with van der Waals surface area (Å²) in [7, 11) is 1.74. The molecular weight excluding hydrogens is 216 g/mol. The van der Waals surface area contributed by atoms with Crippen LogP contribution in [0.5, 0.6) is 0 Å². The Bertz CT molecular complexity index is 413. The standard InChI is InChI=1S/C14H14OS/c1-15-14(12-8-4-2-5-9-12)16-13-10-6-3-7-11-13/h2-11,14H,1H3. The first kappa shape index (κ1) is 11.2. The molecule has 0 fully saturated rings. The third kappa shape index (κ3) is 2.87. The van der Waals surface area contributed by atoms with Gasteiger partial charge in [-0.05, 0) is 17.7 Å². The maximum Gasteiger partial charge on any atom is 0.132 e. The zero-order valence-corrected chi connectivity index (χ0v) is 9.98. The second kappa shape index (κ2) is 5.73. The molecule has 16 heavy (non-hydrogen) atoms. The summed E-state index contributed by atoms with van der Waals surface area (Å²) in [6.45, 7) is 0. The van der Waals surface area contributed by atoms with Crippen LogP contribution in [0.3, 0.4) is 0 Å². The van der Waals surface area contributed by atoms with Gasteiger partial charge in [-0.1, -0.05) is 60.3 Å². The molecule has 0 amide bonds. The smallest absolute Gasteiger partial charge is 0.132 e. The van der Waals surface area contributed by atoms with Gasteiger partial charge in [0.2, 0.25) is 0 Å². The van der Waals surface area contributed by atoms with Crippen molar-refractivity contribution in [3.05, 3.63) is 66.2 Å². The van der Waals surface area contributed by atoms with Gasteiger partial charge in [-0.3, -0.25) is 0 Å². The second-order valence-electron chi connectivity index (χ2n) is 3.41. The molecule has 2 rings (SSSR count). The van der Waals surface area contributed by atoms with Crippen LogP contribution in [0.15, 0.2) is 65.6 Å².